The standard InChI is InChI=1S/C19H13FN6O2/c20-12-4-3-7-22-14(12)10-25-18(27)17-16(13-5-1-2-6-21-13)26-15(11-24-17)19-23-8-9-28-19/h1-9,11H,10H2,(H,25,27). The monoisotopic (exact) mass is 376 g/mol. The molecular formula is C19H13FN6O2. The second kappa shape index (κ2) is 7.70. The van der Waals surface area contributed by atoms with Crippen LogP contribution in [-0.4, -0.2) is 30.8 Å². The van der Waals surface area contributed by atoms with Crippen molar-refractivity contribution in [3.05, 3.63) is 78.6 Å². The zero-order valence-electron chi connectivity index (χ0n) is 14.4. The van der Waals surface area contributed by atoms with Gasteiger partial charge in [0.05, 0.1) is 30.3 Å². The number of rotatable bonds is 5. The molecule has 8 nitrogen and oxygen atoms in total. The Morgan fingerprint density at radius 3 is 2.64 bits per heavy atom. The molecule has 9 heteroatoms. The topological polar surface area (TPSA) is 107 Å². The fourth-order valence-electron chi connectivity index (χ4n) is 2.49. The van der Waals surface area contributed by atoms with Crippen LogP contribution in [0.2, 0.25) is 0 Å². The van der Waals surface area contributed by atoms with Crippen molar-refractivity contribution in [1.29, 1.82) is 0 Å². The van der Waals surface area contributed by atoms with Crippen molar-refractivity contribution in [3.63, 3.8) is 0 Å². The highest BCUT2D eigenvalue weighted by molar-refractivity contribution is 5.97. The Kier molecular flexibility index (Phi) is 4.79. The van der Waals surface area contributed by atoms with Crippen molar-refractivity contribution in [1.82, 2.24) is 30.2 Å². The summed E-state index contributed by atoms with van der Waals surface area (Å²) in [6.07, 6.45) is 7.32. The molecule has 0 radical (unpaired) electrons. The molecule has 4 rings (SSSR count). The maximum atomic E-state index is 13.7. The van der Waals surface area contributed by atoms with E-state index in [9.17, 15) is 9.18 Å². The van der Waals surface area contributed by atoms with Crippen molar-refractivity contribution < 1.29 is 13.6 Å². The van der Waals surface area contributed by atoms with Crippen LogP contribution in [0.5, 0.6) is 0 Å². The van der Waals surface area contributed by atoms with Gasteiger partial charge in [-0.1, -0.05) is 6.07 Å². The quantitative estimate of drug-likeness (QED) is 0.570. The van der Waals surface area contributed by atoms with Crippen molar-refractivity contribution in [2.24, 2.45) is 0 Å². The lowest BCUT2D eigenvalue weighted by atomic mass is 10.2. The van der Waals surface area contributed by atoms with E-state index in [0.717, 1.165) is 0 Å². The van der Waals surface area contributed by atoms with Gasteiger partial charge in [0.25, 0.3) is 5.91 Å². The molecule has 0 saturated carbocycles. The number of nitrogens with zero attached hydrogens (tertiary/aromatic N) is 5. The molecule has 0 unspecified atom stereocenters. The van der Waals surface area contributed by atoms with E-state index in [1.807, 2.05) is 0 Å². The predicted molar refractivity (Wildman–Crippen MR) is 96.1 cm³/mol. The van der Waals surface area contributed by atoms with Crippen molar-refractivity contribution in [2.45, 2.75) is 6.54 Å². The molecule has 0 aliphatic rings. The first-order chi connectivity index (χ1) is 13.7. The predicted octanol–water partition coefficient (Wildman–Crippen LogP) is 2.66. The molecule has 0 fully saturated rings. The molecular weight excluding hydrogens is 363 g/mol. The molecule has 0 aliphatic heterocycles. The number of pyridine rings is 2. The molecule has 1 N–H and O–H groups in total. The lowest BCUT2D eigenvalue weighted by Crippen LogP contribution is -2.26. The summed E-state index contributed by atoms with van der Waals surface area (Å²) in [5.74, 6) is -0.762. The number of hydrogen-bond donors (Lipinski definition) is 1. The van der Waals surface area contributed by atoms with Crippen LogP contribution in [0.3, 0.4) is 0 Å². The smallest absolute Gasteiger partial charge is 0.272 e. The van der Waals surface area contributed by atoms with E-state index in [4.69, 9.17) is 4.42 Å². The zero-order valence-corrected chi connectivity index (χ0v) is 14.4. The Bertz CT molecular complexity index is 1100. The van der Waals surface area contributed by atoms with E-state index < -0.39 is 11.7 Å². The first-order valence-electron chi connectivity index (χ1n) is 8.28. The SMILES string of the molecule is O=C(NCc1ncccc1F)c1ncc(-c2ncco2)nc1-c1ccccn1. The molecule has 4 heterocycles. The maximum absolute atomic E-state index is 13.7. The number of nitrogens with one attached hydrogen (secondary N) is 1. The van der Waals surface area contributed by atoms with Crippen molar-refractivity contribution >= 4 is 5.91 Å². The van der Waals surface area contributed by atoms with Crippen molar-refractivity contribution in [3.8, 4) is 23.0 Å². The average Bonchev–Trinajstić information content (AvgIpc) is 3.28. The zero-order chi connectivity index (χ0) is 19.3. The summed E-state index contributed by atoms with van der Waals surface area (Å²) >= 11 is 0. The van der Waals surface area contributed by atoms with Gasteiger partial charge in [0.2, 0.25) is 5.89 Å². The van der Waals surface area contributed by atoms with Crippen LogP contribution in [0.25, 0.3) is 23.0 Å². The summed E-state index contributed by atoms with van der Waals surface area (Å²) < 4.78 is 19.0. The number of carbonyl (C=O) groups is 1. The van der Waals surface area contributed by atoms with Crippen LogP contribution in [0.4, 0.5) is 4.39 Å². The Labute approximate surface area is 158 Å². The van der Waals surface area contributed by atoms with Gasteiger partial charge in [-0.3, -0.25) is 14.8 Å². The Balaban J connectivity index is 1.67. The Hall–Kier alpha value is -4.01. The number of hydrogen-bond acceptors (Lipinski definition) is 7. The van der Waals surface area contributed by atoms with Gasteiger partial charge in [0.1, 0.15) is 23.5 Å². The lowest BCUT2D eigenvalue weighted by Gasteiger charge is -2.09. The normalized spacial score (nSPS) is 10.6. The van der Waals surface area contributed by atoms with E-state index in [1.54, 1.807) is 24.4 Å². The van der Waals surface area contributed by atoms with Crippen LogP contribution in [0.15, 0.2) is 65.8 Å². The first kappa shape index (κ1) is 17.4. The molecule has 0 bridgehead atoms. The third-order valence-corrected chi connectivity index (χ3v) is 3.80. The second-order valence-electron chi connectivity index (χ2n) is 5.62. The fourth-order valence-corrected chi connectivity index (χ4v) is 2.49. The third kappa shape index (κ3) is 3.58. The van der Waals surface area contributed by atoms with Gasteiger partial charge >= 0.3 is 0 Å². The van der Waals surface area contributed by atoms with Gasteiger partial charge in [-0.2, -0.15) is 0 Å². The number of amides is 1. The highest BCUT2D eigenvalue weighted by Gasteiger charge is 2.20. The molecule has 0 spiro atoms. The maximum Gasteiger partial charge on any atom is 0.272 e. The molecule has 0 aromatic carbocycles. The van der Waals surface area contributed by atoms with Crippen molar-refractivity contribution in [2.75, 3.05) is 0 Å². The van der Waals surface area contributed by atoms with E-state index in [-0.39, 0.29) is 29.5 Å². The molecule has 138 valence electrons. The summed E-state index contributed by atoms with van der Waals surface area (Å²) in [5, 5.41) is 2.61. The van der Waals surface area contributed by atoms with E-state index >= 15 is 0 Å². The average molecular weight is 376 g/mol. The minimum Gasteiger partial charge on any atom is -0.443 e. The summed E-state index contributed by atoms with van der Waals surface area (Å²) in [4.78, 5) is 33.6. The molecule has 0 atom stereocenters. The van der Waals surface area contributed by atoms with Crippen LogP contribution in [0.1, 0.15) is 16.2 Å². The summed E-state index contributed by atoms with van der Waals surface area (Å²) in [7, 11) is 0. The molecule has 4 aromatic rings. The van der Waals surface area contributed by atoms with Gasteiger partial charge in [0, 0.05) is 12.4 Å². The number of halogens is 1. The second-order valence-corrected chi connectivity index (χ2v) is 5.62. The largest absolute Gasteiger partial charge is 0.443 e. The first-order valence-corrected chi connectivity index (χ1v) is 8.28. The van der Waals surface area contributed by atoms with E-state index in [0.29, 0.717) is 11.4 Å². The van der Waals surface area contributed by atoms with Crippen LogP contribution >= 0.6 is 0 Å². The Morgan fingerprint density at radius 1 is 1.00 bits per heavy atom. The highest BCUT2D eigenvalue weighted by Crippen LogP contribution is 2.22. The molecule has 0 saturated heterocycles. The summed E-state index contributed by atoms with van der Waals surface area (Å²) in [6, 6.07) is 7.98. The number of oxazole rings is 1. The summed E-state index contributed by atoms with van der Waals surface area (Å²) in [5.41, 5.74) is 1.25. The van der Waals surface area contributed by atoms with Gasteiger partial charge < -0.3 is 9.73 Å². The number of aromatic nitrogens is 5. The summed E-state index contributed by atoms with van der Waals surface area (Å²) in [6.45, 7) is -0.0870. The highest BCUT2D eigenvalue weighted by atomic mass is 19.1. The van der Waals surface area contributed by atoms with Crippen LogP contribution in [-0.2, 0) is 6.54 Å². The molecule has 4 aromatic heterocycles. The fraction of sp³-hybridized carbons (Fsp3) is 0.0526. The Morgan fingerprint density at radius 2 is 1.89 bits per heavy atom. The van der Waals surface area contributed by atoms with E-state index in [1.165, 1.54) is 37.0 Å². The third-order valence-electron chi connectivity index (χ3n) is 3.80. The van der Waals surface area contributed by atoms with Crippen LogP contribution in [0, 0.1) is 5.82 Å². The van der Waals surface area contributed by atoms with Gasteiger partial charge in [-0.25, -0.2) is 19.3 Å². The minimum absolute atomic E-state index is 0.0466. The van der Waals surface area contributed by atoms with Gasteiger partial charge in [-0.15, -0.1) is 0 Å². The molecule has 28 heavy (non-hydrogen) atoms. The molecule has 1 amide bonds. The van der Waals surface area contributed by atoms with Gasteiger partial charge in [0.15, 0.2) is 5.69 Å². The lowest BCUT2D eigenvalue weighted by molar-refractivity contribution is 0.0945. The minimum atomic E-state index is -0.530. The van der Waals surface area contributed by atoms with Gasteiger partial charge in [-0.05, 0) is 24.3 Å². The van der Waals surface area contributed by atoms with Crippen LogP contribution < -0.4 is 5.32 Å². The van der Waals surface area contributed by atoms with E-state index in [2.05, 4.69) is 30.2 Å². The number of carbonyl (C=O) groups excluding carboxylic acids is 1. The molecule has 0 aliphatic carbocycles.